The van der Waals surface area contributed by atoms with Crippen LogP contribution < -0.4 is 5.32 Å². The molecule has 1 aromatic carbocycles. The highest BCUT2D eigenvalue weighted by Crippen LogP contribution is 2.45. The number of nitrogens with one attached hydrogen (secondary N) is 1. The quantitative estimate of drug-likeness (QED) is 0.740. The van der Waals surface area contributed by atoms with Gasteiger partial charge in [0.1, 0.15) is 0 Å². The molecule has 140 valence electrons. The third-order valence-corrected chi connectivity index (χ3v) is 6.24. The van der Waals surface area contributed by atoms with E-state index in [9.17, 15) is 14.4 Å². The van der Waals surface area contributed by atoms with Crippen LogP contribution in [0.4, 0.5) is 5.69 Å². The maximum atomic E-state index is 12.5. The number of carbonyl (C=O) groups excluding carboxylic acids is 3. The molecule has 0 aliphatic carbocycles. The van der Waals surface area contributed by atoms with Crippen LogP contribution in [-0.4, -0.2) is 46.5 Å². The molecule has 0 spiro atoms. The molecule has 1 N–H and O–H groups in total. The lowest BCUT2D eigenvalue weighted by molar-refractivity contribution is -0.155. The Balaban J connectivity index is 1.49. The minimum absolute atomic E-state index is 0.0143. The zero-order valence-electron chi connectivity index (χ0n) is 15.0. The summed E-state index contributed by atoms with van der Waals surface area (Å²) >= 11 is 1.43. The zero-order chi connectivity index (χ0) is 18.6. The van der Waals surface area contributed by atoms with Gasteiger partial charge in [0, 0.05) is 24.4 Å². The van der Waals surface area contributed by atoms with Crippen LogP contribution in [0.15, 0.2) is 24.3 Å². The van der Waals surface area contributed by atoms with E-state index in [2.05, 4.69) is 12.2 Å². The predicted molar refractivity (Wildman–Crippen MR) is 101 cm³/mol. The summed E-state index contributed by atoms with van der Waals surface area (Å²) in [4.78, 5) is 37.1. The number of hydrogen-bond acceptors (Lipinski definition) is 5. The monoisotopic (exact) mass is 376 g/mol. The van der Waals surface area contributed by atoms with Crippen molar-refractivity contribution in [2.45, 2.75) is 43.9 Å². The van der Waals surface area contributed by atoms with Crippen molar-refractivity contribution in [3.63, 3.8) is 0 Å². The molecule has 2 heterocycles. The normalized spacial score (nSPS) is 21.6. The third-order valence-electron chi connectivity index (χ3n) is 4.78. The van der Waals surface area contributed by atoms with Crippen molar-refractivity contribution in [2.75, 3.05) is 24.2 Å². The average Bonchev–Trinajstić information content (AvgIpc) is 3.21. The molecule has 1 atom stereocenters. The number of ether oxygens (including phenoxy) is 1. The smallest absolute Gasteiger partial charge is 0.343 e. The second-order valence-electron chi connectivity index (χ2n) is 6.60. The largest absolute Gasteiger partial charge is 0.453 e. The van der Waals surface area contributed by atoms with Crippen molar-refractivity contribution >= 4 is 35.2 Å². The highest BCUT2D eigenvalue weighted by Gasteiger charge is 2.56. The lowest BCUT2D eigenvalue weighted by Gasteiger charge is -2.28. The van der Waals surface area contributed by atoms with E-state index in [0.717, 1.165) is 25.0 Å². The van der Waals surface area contributed by atoms with Gasteiger partial charge in [-0.05, 0) is 37.0 Å². The van der Waals surface area contributed by atoms with Gasteiger partial charge in [-0.1, -0.05) is 25.5 Å². The molecule has 2 aliphatic heterocycles. The Morgan fingerprint density at radius 3 is 2.81 bits per heavy atom. The number of carbonyl (C=O) groups is 3. The van der Waals surface area contributed by atoms with Crippen LogP contribution in [0, 0.1) is 0 Å². The third kappa shape index (κ3) is 3.87. The van der Waals surface area contributed by atoms with E-state index in [1.165, 1.54) is 17.3 Å². The number of anilines is 1. The molecule has 0 unspecified atom stereocenters. The molecular weight excluding hydrogens is 352 g/mol. The van der Waals surface area contributed by atoms with Crippen LogP contribution in [0.1, 0.15) is 38.2 Å². The summed E-state index contributed by atoms with van der Waals surface area (Å²) in [6.45, 7) is 2.37. The zero-order valence-corrected chi connectivity index (χ0v) is 15.8. The number of aryl methyl sites for hydroxylation is 1. The molecule has 2 saturated heterocycles. The molecule has 2 aliphatic rings. The number of benzene rings is 1. The number of thioether (sulfide) groups is 1. The van der Waals surface area contributed by atoms with Crippen molar-refractivity contribution in [1.29, 1.82) is 0 Å². The molecule has 0 saturated carbocycles. The highest BCUT2D eigenvalue weighted by atomic mass is 32.2. The first-order valence-electron chi connectivity index (χ1n) is 9.05. The summed E-state index contributed by atoms with van der Waals surface area (Å²) in [7, 11) is 0. The molecule has 1 aromatic rings. The standard InChI is InChI=1S/C19H24N2O4S/c1-2-3-4-14-5-7-15(8-6-14)20-16(22)13-25-18(24)19-10-9-17(23)21(19)11-12-26-19/h5-8H,2-4,9-13H2,1H3,(H,20,22)/t19-/m1/s1. The topological polar surface area (TPSA) is 75.7 Å². The first-order chi connectivity index (χ1) is 12.5. The summed E-state index contributed by atoms with van der Waals surface area (Å²) in [6, 6.07) is 7.70. The van der Waals surface area contributed by atoms with Gasteiger partial charge < -0.3 is 15.0 Å². The van der Waals surface area contributed by atoms with Crippen LogP contribution >= 0.6 is 11.8 Å². The summed E-state index contributed by atoms with van der Waals surface area (Å²) in [5.41, 5.74) is 1.91. The Bertz CT molecular complexity index is 691. The maximum absolute atomic E-state index is 12.5. The number of unbranched alkanes of at least 4 members (excludes halogenated alkanes) is 1. The second-order valence-corrected chi connectivity index (χ2v) is 7.98. The van der Waals surface area contributed by atoms with Gasteiger partial charge in [0.15, 0.2) is 11.5 Å². The fourth-order valence-electron chi connectivity index (χ4n) is 3.36. The fourth-order valence-corrected chi connectivity index (χ4v) is 4.74. The van der Waals surface area contributed by atoms with Crippen molar-refractivity contribution in [3.8, 4) is 0 Å². The number of hydrogen-bond donors (Lipinski definition) is 1. The summed E-state index contributed by atoms with van der Waals surface area (Å²) in [5, 5.41) is 2.73. The number of esters is 1. The highest BCUT2D eigenvalue weighted by molar-refractivity contribution is 8.01. The fraction of sp³-hybridized carbons (Fsp3) is 0.526. The molecule has 2 amide bonds. The van der Waals surface area contributed by atoms with Crippen LogP contribution in [0.2, 0.25) is 0 Å². The number of rotatable bonds is 7. The molecule has 26 heavy (non-hydrogen) atoms. The minimum Gasteiger partial charge on any atom is -0.453 e. The van der Waals surface area contributed by atoms with Gasteiger partial charge >= 0.3 is 5.97 Å². The minimum atomic E-state index is -0.918. The number of amides is 2. The van der Waals surface area contributed by atoms with Gasteiger partial charge in [-0.25, -0.2) is 4.79 Å². The van der Waals surface area contributed by atoms with E-state index in [0.29, 0.717) is 25.1 Å². The van der Waals surface area contributed by atoms with E-state index < -0.39 is 10.8 Å². The van der Waals surface area contributed by atoms with Crippen molar-refractivity contribution in [1.82, 2.24) is 4.90 Å². The van der Waals surface area contributed by atoms with Gasteiger partial charge in [0.2, 0.25) is 5.91 Å². The Labute approximate surface area is 157 Å². The Morgan fingerprint density at radius 2 is 2.08 bits per heavy atom. The van der Waals surface area contributed by atoms with E-state index in [1.807, 2.05) is 24.3 Å². The lowest BCUT2D eigenvalue weighted by atomic mass is 10.1. The number of fused-ring (bicyclic) bond motifs is 1. The summed E-state index contributed by atoms with van der Waals surface area (Å²) < 4.78 is 5.22. The first kappa shape index (κ1) is 18.8. The molecule has 7 heteroatoms. The lowest BCUT2D eigenvalue weighted by Crippen LogP contribution is -2.46. The van der Waals surface area contributed by atoms with E-state index in [1.54, 1.807) is 4.90 Å². The summed E-state index contributed by atoms with van der Waals surface area (Å²) in [6.07, 6.45) is 4.12. The van der Waals surface area contributed by atoms with Crippen LogP contribution in [0.25, 0.3) is 0 Å². The van der Waals surface area contributed by atoms with Gasteiger partial charge in [0.25, 0.3) is 5.91 Å². The molecular formula is C19H24N2O4S. The molecule has 0 radical (unpaired) electrons. The second kappa shape index (κ2) is 8.12. The molecule has 3 rings (SSSR count). The SMILES string of the molecule is CCCCc1ccc(NC(=O)COC(=O)[C@]23CCC(=O)N2CCS3)cc1. The van der Waals surface area contributed by atoms with E-state index in [4.69, 9.17) is 4.74 Å². The van der Waals surface area contributed by atoms with Gasteiger partial charge in [0.05, 0.1) is 0 Å². The molecule has 6 nitrogen and oxygen atoms in total. The van der Waals surface area contributed by atoms with Gasteiger partial charge in [-0.15, -0.1) is 11.8 Å². The Hall–Kier alpha value is -2.02. The van der Waals surface area contributed by atoms with Crippen molar-refractivity contribution < 1.29 is 19.1 Å². The van der Waals surface area contributed by atoms with Gasteiger partial charge in [-0.2, -0.15) is 0 Å². The first-order valence-corrected chi connectivity index (χ1v) is 10.0. The van der Waals surface area contributed by atoms with Crippen LogP contribution in [0.3, 0.4) is 0 Å². The maximum Gasteiger partial charge on any atom is 0.343 e. The van der Waals surface area contributed by atoms with Crippen LogP contribution in [-0.2, 0) is 25.5 Å². The molecule has 2 fully saturated rings. The summed E-state index contributed by atoms with van der Waals surface area (Å²) in [5.74, 6) is -0.164. The molecule has 0 aromatic heterocycles. The Kier molecular flexibility index (Phi) is 5.86. The Morgan fingerprint density at radius 1 is 1.31 bits per heavy atom. The van der Waals surface area contributed by atoms with E-state index in [-0.39, 0.29) is 18.4 Å². The molecule has 0 bridgehead atoms. The average molecular weight is 376 g/mol. The van der Waals surface area contributed by atoms with Gasteiger partial charge in [-0.3, -0.25) is 9.59 Å². The number of nitrogens with zero attached hydrogens (tertiary/aromatic N) is 1. The van der Waals surface area contributed by atoms with E-state index >= 15 is 0 Å². The predicted octanol–water partition coefficient (Wildman–Crippen LogP) is 2.58. The van der Waals surface area contributed by atoms with Crippen molar-refractivity contribution in [2.24, 2.45) is 0 Å². The van der Waals surface area contributed by atoms with Crippen LogP contribution in [0.5, 0.6) is 0 Å². The van der Waals surface area contributed by atoms with Crippen molar-refractivity contribution in [3.05, 3.63) is 29.8 Å².